The zero-order chi connectivity index (χ0) is 20.2. The van der Waals surface area contributed by atoms with Crippen molar-refractivity contribution in [1.82, 2.24) is 14.9 Å². The van der Waals surface area contributed by atoms with Crippen molar-refractivity contribution in [2.45, 2.75) is 24.8 Å². The highest BCUT2D eigenvalue weighted by Crippen LogP contribution is 2.25. The Hall–Kier alpha value is -2.99. The van der Waals surface area contributed by atoms with E-state index in [1.54, 1.807) is 36.0 Å². The Morgan fingerprint density at radius 1 is 0.862 bits per heavy atom. The summed E-state index contributed by atoms with van der Waals surface area (Å²) in [5.74, 6) is 1.25. The highest BCUT2D eigenvalue weighted by atomic mass is 32.2. The Labute approximate surface area is 174 Å². The van der Waals surface area contributed by atoms with E-state index in [2.05, 4.69) is 9.97 Å². The Morgan fingerprint density at radius 3 is 2.21 bits per heavy atom. The number of hydrogen-bond acceptors (Lipinski definition) is 5. The number of unbranched alkanes of at least 4 members (excludes halogenated alkanes) is 1. The van der Waals surface area contributed by atoms with Gasteiger partial charge in [0, 0.05) is 12.1 Å². The smallest absolute Gasteiger partial charge is 0.261 e. The van der Waals surface area contributed by atoms with Crippen LogP contribution in [0.4, 0.5) is 0 Å². The van der Waals surface area contributed by atoms with E-state index in [-0.39, 0.29) is 11.8 Å². The summed E-state index contributed by atoms with van der Waals surface area (Å²) in [7, 11) is 0. The molecule has 146 valence electrons. The molecule has 0 radical (unpaired) electrons. The van der Waals surface area contributed by atoms with Gasteiger partial charge in [-0.1, -0.05) is 42.5 Å². The van der Waals surface area contributed by atoms with Gasteiger partial charge in [0.1, 0.15) is 10.9 Å². The number of carbonyl (C=O) groups excluding carboxylic acids is 2. The number of aryl methyl sites for hydroxylation is 1. The van der Waals surface area contributed by atoms with Crippen molar-refractivity contribution < 1.29 is 9.59 Å². The molecule has 2 aromatic carbocycles. The molecule has 3 aromatic rings. The molecule has 0 fully saturated rings. The van der Waals surface area contributed by atoms with E-state index in [4.69, 9.17) is 0 Å². The fourth-order valence-corrected chi connectivity index (χ4v) is 4.31. The number of benzene rings is 2. The number of imide groups is 1. The molecule has 29 heavy (non-hydrogen) atoms. The first-order valence-corrected chi connectivity index (χ1v) is 10.6. The molecule has 1 aliphatic rings. The van der Waals surface area contributed by atoms with Gasteiger partial charge < -0.3 is 0 Å². The van der Waals surface area contributed by atoms with Gasteiger partial charge in [0.25, 0.3) is 11.8 Å². The zero-order valence-electron chi connectivity index (χ0n) is 16.2. The molecule has 6 heteroatoms. The number of thioether (sulfide) groups is 1. The molecule has 0 N–H and O–H groups in total. The van der Waals surface area contributed by atoms with Gasteiger partial charge in [-0.3, -0.25) is 14.5 Å². The Morgan fingerprint density at radius 2 is 1.52 bits per heavy atom. The van der Waals surface area contributed by atoms with Gasteiger partial charge >= 0.3 is 0 Å². The van der Waals surface area contributed by atoms with E-state index in [1.807, 2.05) is 43.3 Å². The number of amides is 2. The van der Waals surface area contributed by atoms with Gasteiger partial charge in [-0.2, -0.15) is 0 Å². The predicted molar refractivity (Wildman–Crippen MR) is 114 cm³/mol. The normalized spacial score (nSPS) is 13.1. The summed E-state index contributed by atoms with van der Waals surface area (Å²) in [6, 6.07) is 19.1. The molecule has 1 aliphatic heterocycles. The fourth-order valence-electron chi connectivity index (χ4n) is 3.36. The number of hydrogen-bond donors (Lipinski definition) is 0. The number of carbonyl (C=O) groups is 2. The highest BCUT2D eigenvalue weighted by molar-refractivity contribution is 7.99. The monoisotopic (exact) mass is 403 g/mol. The first-order chi connectivity index (χ1) is 14.1. The van der Waals surface area contributed by atoms with E-state index >= 15 is 0 Å². The van der Waals surface area contributed by atoms with Crippen molar-refractivity contribution in [3.05, 3.63) is 77.6 Å². The highest BCUT2D eigenvalue weighted by Gasteiger charge is 2.34. The standard InChI is InChI=1S/C23H21N3O2S/c1-16-24-20(17-9-3-2-4-10-17)15-21(25-16)29-14-8-7-13-26-22(27)18-11-5-6-12-19(18)23(26)28/h2-6,9-12,15H,7-8,13-14H2,1H3. The van der Waals surface area contributed by atoms with Crippen LogP contribution in [0.25, 0.3) is 11.3 Å². The van der Waals surface area contributed by atoms with E-state index in [0.29, 0.717) is 17.7 Å². The topological polar surface area (TPSA) is 63.2 Å². The van der Waals surface area contributed by atoms with Crippen LogP contribution in [0.3, 0.4) is 0 Å². The molecule has 1 aromatic heterocycles. The molecule has 0 atom stereocenters. The summed E-state index contributed by atoms with van der Waals surface area (Å²) in [5, 5.41) is 0.942. The first-order valence-electron chi connectivity index (χ1n) is 9.62. The molecular weight excluding hydrogens is 382 g/mol. The van der Waals surface area contributed by atoms with Gasteiger partial charge in [0.2, 0.25) is 0 Å². The maximum Gasteiger partial charge on any atom is 0.261 e. The van der Waals surface area contributed by atoms with Crippen LogP contribution in [0, 0.1) is 6.92 Å². The van der Waals surface area contributed by atoms with Crippen molar-refractivity contribution in [3.8, 4) is 11.3 Å². The minimum Gasteiger partial charge on any atom is -0.274 e. The van der Waals surface area contributed by atoms with Gasteiger partial charge in [-0.25, -0.2) is 9.97 Å². The average Bonchev–Trinajstić information content (AvgIpc) is 2.99. The Bertz CT molecular complexity index is 1020. The van der Waals surface area contributed by atoms with Gasteiger partial charge in [-0.05, 0) is 43.7 Å². The van der Waals surface area contributed by atoms with E-state index in [0.717, 1.165) is 40.7 Å². The van der Waals surface area contributed by atoms with Crippen molar-refractivity contribution in [1.29, 1.82) is 0 Å². The largest absolute Gasteiger partial charge is 0.274 e. The average molecular weight is 404 g/mol. The van der Waals surface area contributed by atoms with Crippen LogP contribution in [-0.2, 0) is 0 Å². The molecule has 0 saturated carbocycles. The lowest BCUT2D eigenvalue weighted by atomic mass is 10.1. The summed E-state index contributed by atoms with van der Waals surface area (Å²) in [6.45, 7) is 2.35. The maximum atomic E-state index is 12.4. The van der Waals surface area contributed by atoms with E-state index in [9.17, 15) is 9.59 Å². The molecule has 2 heterocycles. The van der Waals surface area contributed by atoms with Crippen LogP contribution in [0.1, 0.15) is 39.4 Å². The molecule has 0 unspecified atom stereocenters. The Kier molecular flexibility index (Phi) is 5.71. The lowest BCUT2D eigenvalue weighted by Gasteiger charge is -2.13. The quantitative estimate of drug-likeness (QED) is 0.249. The van der Waals surface area contributed by atoms with Crippen LogP contribution >= 0.6 is 11.8 Å². The number of aromatic nitrogens is 2. The van der Waals surface area contributed by atoms with Crippen molar-refractivity contribution >= 4 is 23.6 Å². The summed E-state index contributed by atoms with van der Waals surface area (Å²) >= 11 is 1.68. The molecule has 0 aliphatic carbocycles. The van der Waals surface area contributed by atoms with Crippen LogP contribution < -0.4 is 0 Å². The molecule has 2 amide bonds. The SMILES string of the molecule is Cc1nc(SCCCCN2C(=O)c3ccccc3C2=O)cc(-c2ccccc2)n1. The van der Waals surface area contributed by atoms with Crippen LogP contribution in [0.15, 0.2) is 65.7 Å². The minimum absolute atomic E-state index is 0.183. The van der Waals surface area contributed by atoms with Crippen molar-refractivity contribution in [3.63, 3.8) is 0 Å². The van der Waals surface area contributed by atoms with Crippen molar-refractivity contribution in [2.75, 3.05) is 12.3 Å². The van der Waals surface area contributed by atoms with Crippen LogP contribution in [0.2, 0.25) is 0 Å². The van der Waals surface area contributed by atoms with Gasteiger partial charge in [0.05, 0.1) is 16.8 Å². The number of rotatable bonds is 7. The lowest BCUT2D eigenvalue weighted by Crippen LogP contribution is -2.30. The van der Waals surface area contributed by atoms with Gasteiger partial charge in [0.15, 0.2) is 0 Å². The molecule has 4 rings (SSSR count). The third-order valence-corrected chi connectivity index (χ3v) is 5.79. The van der Waals surface area contributed by atoms with Crippen molar-refractivity contribution in [2.24, 2.45) is 0 Å². The third-order valence-electron chi connectivity index (χ3n) is 4.79. The lowest BCUT2D eigenvalue weighted by molar-refractivity contribution is 0.0652. The minimum atomic E-state index is -0.183. The second kappa shape index (κ2) is 8.57. The summed E-state index contributed by atoms with van der Waals surface area (Å²) in [6.07, 6.45) is 1.66. The second-order valence-electron chi connectivity index (χ2n) is 6.87. The van der Waals surface area contributed by atoms with Crippen LogP contribution in [-0.4, -0.2) is 39.0 Å². The maximum absolute atomic E-state index is 12.4. The van der Waals surface area contributed by atoms with E-state index in [1.165, 1.54) is 4.90 Å². The second-order valence-corrected chi connectivity index (χ2v) is 7.98. The zero-order valence-corrected chi connectivity index (χ0v) is 17.0. The molecule has 0 spiro atoms. The molecule has 5 nitrogen and oxygen atoms in total. The molecular formula is C23H21N3O2S. The summed E-state index contributed by atoms with van der Waals surface area (Å²) < 4.78 is 0. The van der Waals surface area contributed by atoms with E-state index < -0.39 is 0 Å². The van der Waals surface area contributed by atoms with Gasteiger partial charge in [-0.15, -0.1) is 11.8 Å². The number of nitrogens with zero attached hydrogens (tertiary/aromatic N) is 3. The summed E-state index contributed by atoms with van der Waals surface area (Å²) in [5.41, 5.74) is 3.02. The van der Waals surface area contributed by atoms with Crippen LogP contribution in [0.5, 0.6) is 0 Å². The first kappa shape index (κ1) is 19.3. The Balaban J connectivity index is 1.30. The third kappa shape index (κ3) is 4.22. The fraction of sp³-hybridized carbons (Fsp3) is 0.217. The molecule has 0 saturated heterocycles. The number of fused-ring (bicyclic) bond motifs is 1. The predicted octanol–water partition coefficient (Wildman–Crippen LogP) is 4.62. The summed E-state index contributed by atoms with van der Waals surface area (Å²) in [4.78, 5) is 35.2. The molecule has 0 bridgehead atoms.